The van der Waals surface area contributed by atoms with Crippen LogP contribution >= 0.6 is 12.6 Å². The maximum absolute atomic E-state index is 5.60. The molecule has 14 heavy (non-hydrogen) atoms. The van der Waals surface area contributed by atoms with Crippen LogP contribution in [-0.4, -0.2) is 32.2 Å². The van der Waals surface area contributed by atoms with Crippen LogP contribution in [0.1, 0.15) is 33.6 Å². The first kappa shape index (κ1) is 14.3. The molecule has 0 aliphatic rings. The summed E-state index contributed by atoms with van der Waals surface area (Å²) in [5.41, 5.74) is 0.259. The van der Waals surface area contributed by atoms with Crippen LogP contribution in [0.2, 0.25) is 0 Å². The number of thiol groups is 1. The van der Waals surface area contributed by atoms with Gasteiger partial charge in [0, 0.05) is 12.0 Å². The number of hydrogen-bond acceptors (Lipinski definition) is 3. The first-order valence-electron chi connectivity index (χ1n) is 5.51. The van der Waals surface area contributed by atoms with Crippen molar-refractivity contribution in [2.24, 2.45) is 5.41 Å². The van der Waals surface area contributed by atoms with Crippen LogP contribution < -0.4 is 0 Å². The second-order valence-electron chi connectivity index (χ2n) is 3.61. The van der Waals surface area contributed by atoms with Crippen molar-refractivity contribution in [3.63, 3.8) is 0 Å². The Kier molecular flexibility index (Phi) is 8.73. The lowest BCUT2D eigenvalue weighted by Gasteiger charge is -2.29. The van der Waals surface area contributed by atoms with Crippen molar-refractivity contribution in [3.8, 4) is 0 Å². The second kappa shape index (κ2) is 8.57. The van der Waals surface area contributed by atoms with Crippen LogP contribution in [0.5, 0.6) is 0 Å². The molecular formula is C11H24O2S. The van der Waals surface area contributed by atoms with Gasteiger partial charge in [-0.25, -0.2) is 0 Å². The molecule has 0 radical (unpaired) electrons. The van der Waals surface area contributed by atoms with Gasteiger partial charge in [0.15, 0.2) is 0 Å². The van der Waals surface area contributed by atoms with Crippen molar-refractivity contribution < 1.29 is 9.47 Å². The van der Waals surface area contributed by atoms with Gasteiger partial charge < -0.3 is 9.47 Å². The molecule has 86 valence electrons. The molecule has 0 aromatic heterocycles. The van der Waals surface area contributed by atoms with Gasteiger partial charge in [0.2, 0.25) is 0 Å². The van der Waals surface area contributed by atoms with E-state index >= 15 is 0 Å². The standard InChI is InChI=1S/C11H24O2S/c1-4-11(5-2,10-14)9-13-8-7-12-6-3/h14H,4-10H2,1-3H3. The molecule has 3 heteroatoms. The zero-order chi connectivity index (χ0) is 10.9. The molecule has 0 spiro atoms. The Balaban J connectivity index is 3.61. The molecule has 2 nitrogen and oxygen atoms in total. The Hall–Kier alpha value is 0.270. The highest BCUT2D eigenvalue weighted by molar-refractivity contribution is 7.80. The smallest absolute Gasteiger partial charge is 0.0700 e. The second-order valence-corrected chi connectivity index (χ2v) is 3.93. The van der Waals surface area contributed by atoms with Gasteiger partial charge in [-0.1, -0.05) is 13.8 Å². The minimum atomic E-state index is 0.259. The Morgan fingerprint density at radius 2 is 1.57 bits per heavy atom. The van der Waals surface area contributed by atoms with Crippen LogP contribution in [0, 0.1) is 5.41 Å². The highest BCUT2D eigenvalue weighted by Crippen LogP contribution is 2.27. The molecule has 0 heterocycles. The first-order valence-corrected chi connectivity index (χ1v) is 6.14. The molecule has 0 aliphatic carbocycles. The Morgan fingerprint density at radius 1 is 1.00 bits per heavy atom. The molecule has 0 saturated heterocycles. The first-order chi connectivity index (χ1) is 6.74. The Bertz CT molecular complexity index is 116. The van der Waals surface area contributed by atoms with E-state index in [0.29, 0.717) is 13.2 Å². The van der Waals surface area contributed by atoms with Crippen LogP contribution in [0.25, 0.3) is 0 Å². The summed E-state index contributed by atoms with van der Waals surface area (Å²) in [5, 5.41) is 0. The van der Waals surface area contributed by atoms with Crippen molar-refractivity contribution in [2.45, 2.75) is 33.6 Å². The highest BCUT2D eigenvalue weighted by Gasteiger charge is 2.24. The molecule has 0 fully saturated rings. The lowest BCUT2D eigenvalue weighted by Crippen LogP contribution is -2.28. The summed E-state index contributed by atoms with van der Waals surface area (Å²) in [6.45, 7) is 9.36. The molecule has 0 rings (SSSR count). The molecule has 0 aromatic carbocycles. The molecule has 0 atom stereocenters. The summed E-state index contributed by atoms with van der Waals surface area (Å²) in [4.78, 5) is 0. The lowest BCUT2D eigenvalue weighted by atomic mass is 9.85. The molecular weight excluding hydrogens is 196 g/mol. The van der Waals surface area contributed by atoms with Crippen molar-refractivity contribution in [1.82, 2.24) is 0 Å². The van der Waals surface area contributed by atoms with Gasteiger partial charge in [0.05, 0.1) is 19.8 Å². The Labute approximate surface area is 93.8 Å². The normalized spacial score (nSPS) is 12.0. The van der Waals surface area contributed by atoms with Crippen LogP contribution in [-0.2, 0) is 9.47 Å². The van der Waals surface area contributed by atoms with Gasteiger partial charge in [-0.15, -0.1) is 0 Å². The topological polar surface area (TPSA) is 18.5 Å². The van der Waals surface area contributed by atoms with E-state index in [1.807, 2.05) is 6.92 Å². The summed E-state index contributed by atoms with van der Waals surface area (Å²) in [7, 11) is 0. The molecule has 0 aromatic rings. The average molecular weight is 220 g/mol. The fourth-order valence-corrected chi connectivity index (χ4v) is 1.81. The van der Waals surface area contributed by atoms with Gasteiger partial charge in [0.1, 0.15) is 0 Å². The fourth-order valence-electron chi connectivity index (χ4n) is 1.27. The predicted molar refractivity (Wildman–Crippen MR) is 64.2 cm³/mol. The van der Waals surface area contributed by atoms with Gasteiger partial charge in [-0.2, -0.15) is 12.6 Å². The largest absolute Gasteiger partial charge is 0.379 e. The predicted octanol–water partition coefficient (Wildman–Crippen LogP) is 2.78. The number of hydrogen-bond donors (Lipinski definition) is 1. The molecule has 0 unspecified atom stereocenters. The molecule has 0 bridgehead atoms. The van der Waals surface area contributed by atoms with Crippen molar-refractivity contribution in [3.05, 3.63) is 0 Å². The molecule has 0 N–H and O–H groups in total. The van der Waals surface area contributed by atoms with Gasteiger partial charge in [0.25, 0.3) is 0 Å². The summed E-state index contributed by atoms with van der Waals surface area (Å²) in [6.07, 6.45) is 2.25. The minimum absolute atomic E-state index is 0.259. The van der Waals surface area contributed by atoms with E-state index in [2.05, 4.69) is 26.5 Å². The summed E-state index contributed by atoms with van der Waals surface area (Å²) in [6, 6.07) is 0. The third-order valence-electron chi connectivity index (χ3n) is 2.82. The summed E-state index contributed by atoms with van der Waals surface area (Å²) < 4.78 is 10.8. The van der Waals surface area contributed by atoms with Gasteiger partial charge >= 0.3 is 0 Å². The third-order valence-corrected chi connectivity index (χ3v) is 3.49. The third kappa shape index (κ3) is 5.23. The summed E-state index contributed by atoms with van der Waals surface area (Å²) in [5.74, 6) is 0.897. The van der Waals surface area contributed by atoms with E-state index < -0.39 is 0 Å². The SMILES string of the molecule is CCOCCOCC(CC)(CC)CS. The van der Waals surface area contributed by atoms with E-state index in [1.54, 1.807) is 0 Å². The van der Waals surface area contributed by atoms with E-state index in [1.165, 1.54) is 0 Å². The maximum Gasteiger partial charge on any atom is 0.0700 e. The lowest BCUT2D eigenvalue weighted by molar-refractivity contribution is 0.0115. The zero-order valence-electron chi connectivity index (χ0n) is 9.71. The maximum atomic E-state index is 5.60. The van der Waals surface area contributed by atoms with Crippen LogP contribution in [0.3, 0.4) is 0 Å². The molecule has 0 amide bonds. The Morgan fingerprint density at radius 3 is 2.00 bits per heavy atom. The molecule has 0 saturated carbocycles. The van der Waals surface area contributed by atoms with Crippen LogP contribution in [0.15, 0.2) is 0 Å². The summed E-state index contributed by atoms with van der Waals surface area (Å²) >= 11 is 4.39. The number of ether oxygens (including phenoxy) is 2. The molecule has 0 aliphatic heterocycles. The van der Waals surface area contributed by atoms with Crippen LogP contribution in [0.4, 0.5) is 0 Å². The average Bonchev–Trinajstić information content (AvgIpc) is 2.24. The van der Waals surface area contributed by atoms with Gasteiger partial charge in [-0.3, -0.25) is 0 Å². The number of rotatable bonds is 9. The van der Waals surface area contributed by atoms with Crippen molar-refractivity contribution in [1.29, 1.82) is 0 Å². The van der Waals surface area contributed by atoms with E-state index in [-0.39, 0.29) is 5.41 Å². The van der Waals surface area contributed by atoms with E-state index in [9.17, 15) is 0 Å². The zero-order valence-corrected chi connectivity index (χ0v) is 10.6. The van der Waals surface area contributed by atoms with E-state index in [4.69, 9.17) is 9.47 Å². The van der Waals surface area contributed by atoms with Crippen molar-refractivity contribution in [2.75, 3.05) is 32.2 Å². The quantitative estimate of drug-likeness (QED) is 0.476. The van der Waals surface area contributed by atoms with Crippen molar-refractivity contribution >= 4 is 12.6 Å². The van der Waals surface area contributed by atoms with Gasteiger partial charge in [-0.05, 0) is 25.5 Å². The van der Waals surface area contributed by atoms with E-state index in [0.717, 1.165) is 31.8 Å². The highest BCUT2D eigenvalue weighted by atomic mass is 32.1. The monoisotopic (exact) mass is 220 g/mol. The fraction of sp³-hybridized carbons (Fsp3) is 1.00. The minimum Gasteiger partial charge on any atom is -0.379 e.